The standard InChI is InChI=1S/C16H13F3O6S2/c1-11-7-9-13(10-8-11)26(21,22)15(25-27(23,24)16(17,18)19)14(20)12-5-3-2-4-6-12/h2-10,15H,1H3. The number of benzene rings is 2. The van der Waals surface area contributed by atoms with Crippen LogP contribution in [0, 0.1) is 6.92 Å². The van der Waals surface area contributed by atoms with E-state index >= 15 is 0 Å². The summed E-state index contributed by atoms with van der Waals surface area (Å²) in [6.07, 6.45) is 0. The molecule has 0 aromatic heterocycles. The molecule has 27 heavy (non-hydrogen) atoms. The molecule has 0 radical (unpaired) electrons. The van der Waals surface area contributed by atoms with Crippen LogP contribution in [0.2, 0.25) is 0 Å². The average Bonchev–Trinajstić information content (AvgIpc) is 2.59. The van der Waals surface area contributed by atoms with E-state index in [1.165, 1.54) is 30.3 Å². The second-order valence-corrected chi connectivity index (χ2v) is 8.97. The Morgan fingerprint density at radius 3 is 1.93 bits per heavy atom. The van der Waals surface area contributed by atoms with E-state index in [4.69, 9.17) is 0 Å². The van der Waals surface area contributed by atoms with Crippen molar-refractivity contribution < 1.29 is 39.0 Å². The third-order valence-corrected chi connectivity index (χ3v) is 6.34. The number of alkyl halides is 3. The van der Waals surface area contributed by atoms with Gasteiger partial charge in [-0.05, 0) is 19.1 Å². The minimum absolute atomic E-state index is 0.324. The lowest BCUT2D eigenvalue weighted by atomic mass is 10.1. The molecule has 1 unspecified atom stereocenters. The minimum Gasteiger partial charge on any atom is -0.290 e. The van der Waals surface area contributed by atoms with E-state index in [1.54, 1.807) is 6.92 Å². The molecule has 0 saturated carbocycles. The Labute approximate surface area is 153 Å². The van der Waals surface area contributed by atoms with Crippen LogP contribution in [0.25, 0.3) is 0 Å². The normalized spacial score (nSPS) is 13.9. The van der Waals surface area contributed by atoms with Crippen molar-refractivity contribution in [1.82, 2.24) is 0 Å². The van der Waals surface area contributed by atoms with Crippen LogP contribution >= 0.6 is 0 Å². The number of carbonyl (C=O) groups excluding carboxylic acids is 1. The van der Waals surface area contributed by atoms with E-state index < -0.39 is 41.6 Å². The van der Waals surface area contributed by atoms with Crippen molar-refractivity contribution in [2.24, 2.45) is 0 Å². The number of carbonyl (C=O) groups is 1. The molecular formula is C16H13F3O6S2. The smallest absolute Gasteiger partial charge is 0.290 e. The maximum Gasteiger partial charge on any atom is 0.523 e. The van der Waals surface area contributed by atoms with Gasteiger partial charge >= 0.3 is 15.6 Å². The minimum atomic E-state index is -6.35. The van der Waals surface area contributed by atoms with Crippen LogP contribution < -0.4 is 0 Å². The summed E-state index contributed by atoms with van der Waals surface area (Å²) in [5, 5.41) is 0. The number of Topliss-reactive ketones (excluding diaryl/α,β-unsaturated/α-hetero) is 1. The number of ketones is 1. The fourth-order valence-electron chi connectivity index (χ4n) is 2.00. The van der Waals surface area contributed by atoms with Crippen LogP contribution in [-0.4, -0.2) is 33.6 Å². The van der Waals surface area contributed by atoms with Crippen LogP contribution in [0.15, 0.2) is 59.5 Å². The van der Waals surface area contributed by atoms with E-state index in [1.807, 2.05) is 0 Å². The van der Waals surface area contributed by atoms with Crippen LogP contribution in [0.4, 0.5) is 13.2 Å². The molecule has 0 spiro atoms. The molecule has 1 atom stereocenters. The van der Waals surface area contributed by atoms with Crippen molar-refractivity contribution >= 4 is 25.7 Å². The van der Waals surface area contributed by atoms with Gasteiger partial charge in [0.15, 0.2) is 0 Å². The summed E-state index contributed by atoms with van der Waals surface area (Å²) in [6.45, 7) is 1.63. The molecule has 0 aliphatic rings. The van der Waals surface area contributed by atoms with Crippen molar-refractivity contribution in [3.05, 3.63) is 65.7 Å². The number of rotatable bonds is 6. The van der Waals surface area contributed by atoms with Gasteiger partial charge in [0.05, 0.1) is 4.90 Å². The van der Waals surface area contributed by atoms with E-state index in [-0.39, 0.29) is 5.56 Å². The Morgan fingerprint density at radius 2 is 1.44 bits per heavy atom. The number of hydrogen-bond acceptors (Lipinski definition) is 6. The quantitative estimate of drug-likeness (QED) is 0.404. The zero-order chi connectivity index (χ0) is 20.5. The monoisotopic (exact) mass is 422 g/mol. The fraction of sp³-hybridized carbons (Fsp3) is 0.188. The third kappa shape index (κ3) is 4.54. The lowest BCUT2D eigenvalue weighted by molar-refractivity contribution is -0.0544. The lowest BCUT2D eigenvalue weighted by Gasteiger charge is -2.18. The molecule has 0 aliphatic carbocycles. The second kappa shape index (κ2) is 7.41. The summed E-state index contributed by atoms with van der Waals surface area (Å²) in [5.41, 5.74) is -8.50. The summed E-state index contributed by atoms with van der Waals surface area (Å²) >= 11 is 0. The Kier molecular flexibility index (Phi) is 5.78. The highest BCUT2D eigenvalue weighted by Gasteiger charge is 2.52. The first kappa shape index (κ1) is 21.1. The molecule has 0 N–H and O–H groups in total. The van der Waals surface area contributed by atoms with E-state index in [2.05, 4.69) is 4.18 Å². The lowest BCUT2D eigenvalue weighted by Crippen LogP contribution is -2.39. The Morgan fingerprint density at radius 1 is 0.926 bits per heavy atom. The average molecular weight is 422 g/mol. The molecular weight excluding hydrogens is 409 g/mol. The van der Waals surface area contributed by atoms with Gasteiger partial charge in [-0.1, -0.05) is 48.0 Å². The Balaban J connectivity index is 2.59. The van der Waals surface area contributed by atoms with Gasteiger partial charge in [0.1, 0.15) is 0 Å². The predicted octanol–water partition coefficient (Wildman–Crippen LogP) is 2.84. The largest absolute Gasteiger partial charge is 0.523 e. The summed E-state index contributed by atoms with van der Waals surface area (Å²) in [4.78, 5) is 11.9. The fourth-order valence-corrected chi connectivity index (χ4v) is 4.33. The molecule has 0 saturated heterocycles. The second-order valence-electron chi connectivity index (χ2n) is 5.42. The molecule has 2 aromatic rings. The maximum atomic E-state index is 12.7. The Bertz CT molecular complexity index is 1030. The van der Waals surface area contributed by atoms with E-state index in [9.17, 15) is 34.8 Å². The molecule has 11 heteroatoms. The van der Waals surface area contributed by atoms with E-state index in [0.29, 0.717) is 5.56 Å². The van der Waals surface area contributed by atoms with Gasteiger partial charge < -0.3 is 0 Å². The van der Waals surface area contributed by atoms with Gasteiger partial charge in [-0.15, -0.1) is 0 Å². The molecule has 146 valence electrons. The zero-order valence-corrected chi connectivity index (χ0v) is 15.3. The zero-order valence-electron chi connectivity index (χ0n) is 13.7. The summed E-state index contributed by atoms with van der Waals surface area (Å²) in [7, 11) is -11.3. The molecule has 2 aromatic carbocycles. The summed E-state index contributed by atoms with van der Waals surface area (Å²) in [6, 6.07) is 11.2. The molecule has 0 fully saturated rings. The molecule has 6 nitrogen and oxygen atoms in total. The molecule has 0 heterocycles. The first-order valence-corrected chi connectivity index (χ1v) is 10.2. The van der Waals surface area contributed by atoms with Gasteiger partial charge in [0.2, 0.25) is 21.1 Å². The van der Waals surface area contributed by atoms with Crippen LogP contribution in [0.5, 0.6) is 0 Å². The van der Waals surface area contributed by atoms with Crippen molar-refractivity contribution in [1.29, 1.82) is 0 Å². The molecule has 0 bridgehead atoms. The van der Waals surface area contributed by atoms with Gasteiger partial charge in [-0.25, -0.2) is 12.6 Å². The maximum absolute atomic E-state index is 12.7. The number of sulfone groups is 1. The number of hydrogen-bond donors (Lipinski definition) is 0. The van der Waals surface area contributed by atoms with Gasteiger partial charge in [0, 0.05) is 5.56 Å². The first-order chi connectivity index (χ1) is 12.4. The SMILES string of the molecule is Cc1ccc(S(=O)(=O)C(OS(=O)(=O)C(F)(F)F)C(=O)c2ccccc2)cc1. The molecule has 2 rings (SSSR count). The molecule has 0 amide bonds. The van der Waals surface area contributed by atoms with Crippen molar-refractivity contribution in [2.75, 3.05) is 0 Å². The van der Waals surface area contributed by atoms with Crippen molar-refractivity contribution in [3.63, 3.8) is 0 Å². The predicted molar refractivity (Wildman–Crippen MR) is 89.0 cm³/mol. The summed E-state index contributed by atoms with van der Waals surface area (Å²) in [5.74, 6) is -1.44. The highest BCUT2D eigenvalue weighted by Crippen LogP contribution is 2.30. The van der Waals surface area contributed by atoms with Crippen molar-refractivity contribution in [3.8, 4) is 0 Å². The highest BCUT2D eigenvalue weighted by molar-refractivity contribution is 7.94. The third-order valence-electron chi connectivity index (χ3n) is 3.40. The van der Waals surface area contributed by atoms with Crippen LogP contribution in [0.3, 0.4) is 0 Å². The topological polar surface area (TPSA) is 94.6 Å². The molecule has 0 aliphatic heterocycles. The summed E-state index contributed by atoms with van der Waals surface area (Å²) < 4.78 is 90.0. The van der Waals surface area contributed by atoms with Gasteiger partial charge in [-0.2, -0.15) is 21.6 Å². The highest BCUT2D eigenvalue weighted by atomic mass is 32.2. The van der Waals surface area contributed by atoms with E-state index in [0.717, 1.165) is 24.3 Å². The number of halogens is 3. The number of aryl methyl sites for hydroxylation is 1. The first-order valence-electron chi connectivity index (χ1n) is 7.25. The van der Waals surface area contributed by atoms with Gasteiger partial charge in [0.25, 0.3) is 0 Å². The van der Waals surface area contributed by atoms with Crippen molar-refractivity contribution in [2.45, 2.75) is 22.8 Å². The Hall–Kier alpha value is -2.24. The van der Waals surface area contributed by atoms with Crippen LogP contribution in [-0.2, 0) is 24.1 Å². The van der Waals surface area contributed by atoms with Crippen LogP contribution in [0.1, 0.15) is 15.9 Å². The van der Waals surface area contributed by atoms with Gasteiger partial charge in [-0.3, -0.25) is 4.79 Å².